The van der Waals surface area contributed by atoms with E-state index in [0.29, 0.717) is 29.7 Å². The number of nitrogens with one attached hydrogen (secondary N) is 2. The summed E-state index contributed by atoms with van der Waals surface area (Å²) in [5, 5.41) is 6.00. The Morgan fingerprint density at radius 1 is 1.21 bits per heavy atom. The van der Waals surface area contributed by atoms with Crippen molar-refractivity contribution in [3.05, 3.63) is 41.7 Å². The SMILES string of the molecule is CCCCNc1nc(C)cc(C(=O)Nc2ccccc2OCC)n1. The number of hydrogen-bond donors (Lipinski definition) is 2. The molecule has 0 spiro atoms. The quantitative estimate of drug-likeness (QED) is 0.723. The van der Waals surface area contributed by atoms with Gasteiger partial charge in [-0.25, -0.2) is 9.97 Å². The molecule has 0 bridgehead atoms. The predicted molar refractivity (Wildman–Crippen MR) is 95.7 cm³/mol. The molecule has 6 heteroatoms. The Morgan fingerprint density at radius 2 is 2.00 bits per heavy atom. The van der Waals surface area contributed by atoms with E-state index in [1.165, 1.54) is 0 Å². The summed E-state index contributed by atoms with van der Waals surface area (Å²) in [5.74, 6) is 0.832. The second-order valence-electron chi connectivity index (χ2n) is 5.38. The summed E-state index contributed by atoms with van der Waals surface area (Å²) in [4.78, 5) is 21.1. The molecular weight excluding hydrogens is 304 g/mol. The molecule has 128 valence electrons. The molecule has 1 aromatic heterocycles. The van der Waals surface area contributed by atoms with Crippen LogP contribution in [0, 0.1) is 6.92 Å². The molecule has 0 aliphatic carbocycles. The van der Waals surface area contributed by atoms with Gasteiger partial charge in [-0.2, -0.15) is 0 Å². The number of nitrogens with zero attached hydrogens (tertiary/aromatic N) is 2. The number of amides is 1. The van der Waals surface area contributed by atoms with Gasteiger partial charge >= 0.3 is 0 Å². The standard InChI is InChI=1S/C18H24N4O2/c1-4-6-11-19-18-20-13(3)12-15(22-18)17(23)21-14-9-7-8-10-16(14)24-5-2/h7-10,12H,4-6,11H2,1-3H3,(H,21,23)(H,19,20,22). The van der Waals surface area contributed by atoms with Crippen molar-refractivity contribution in [1.82, 2.24) is 9.97 Å². The number of hydrogen-bond acceptors (Lipinski definition) is 5. The molecule has 0 saturated heterocycles. The predicted octanol–water partition coefficient (Wildman–Crippen LogP) is 3.65. The summed E-state index contributed by atoms with van der Waals surface area (Å²) in [5.41, 5.74) is 1.70. The lowest BCUT2D eigenvalue weighted by atomic mass is 10.2. The Hall–Kier alpha value is -2.63. The molecule has 0 unspecified atom stereocenters. The van der Waals surface area contributed by atoms with E-state index in [1.54, 1.807) is 12.1 Å². The largest absolute Gasteiger partial charge is 0.492 e. The Labute approximate surface area is 142 Å². The topological polar surface area (TPSA) is 76.1 Å². The summed E-state index contributed by atoms with van der Waals surface area (Å²) >= 11 is 0. The van der Waals surface area contributed by atoms with Gasteiger partial charge < -0.3 is 15.4 Å². The minimum atomic E-state index is -0.286. The van der Waals surface area contributed by atoms with Crippen LogP contribution in [-0.4, -0.2) is 29.0 Å². The molecule has 0 atom stereocenters. The van der Waals surface area contributed by atoms with E-state index in [4.69, 9.17) is 4.74 Å². The number of unbranched alkanes of at least 4 members (excludes halogenated alkanes) is 1. The van der Waals surface area contributed by atoms with Crippen molar-refractivity contribution >= 4 is 17.5 Å². The molecule has 24 heavy (non-hydrogen) atoms. The van der Waals surface area contributed by atoms with Crippen molar-refractivity contribution < 1.29 is 9.53 Å². The van der Waals surface area contributed by atoms with Crippen LogP contribution < -0.4 is 15.4 Å². The lowest BCUT2D eigenvalue weighted by Crippen LogP contribution is -2.17. The minimum absolute atomic E-state index is 0.286. The van der Waals surface area contributed by atoms with E-state index in [1.807, 2.05) is 32.0 Å². The molecule has 0 aliphatic rings. The lowest BCUT2D eigenvalue weighted by Gasteiger charge is -2.12. The third-order valence-corrected chi connectivity index (χ3v) is 3.34. The van der Waals surface area contributed by atoms with Crippen molar-refractivity contribution in [1.29, 1.82) is 0 Å². The van der Waals surface area contributed by atoms with E-state index in [-0.39, 0.29) is 5.91 Å². The van der Waals surface area contributed by atoms with Crippen molar-refractivity contribution in [2.45, 2.75) is 33.6 Å². The van der Waals surface area contributed by atoms with Crippen LogP contribution in [0.25, 0.3) is 0 Å². The molecular formula is C18H24N4O2. The van der Waals surface area contributed by atoms with Crippen LogP contribution in [0.3, 0.4) is 0 Å². The maximum atomic E-state index is 12.5. The molecule has 0 aliphatic heterocycles. The molecule has 0 fully saturated rings. The molecule has 0 radical (unpaired) electrons. The van der Waals surface area contributed by atoms with Crippen molar-refractivity contribution in [3.63, 3.8) is 0 Å². The van der Waals surface area contributed by atoms with Gasteiger partial charge in [-0.05, 0) is 38.5 Å². The van der Waals surface area contributed by atoms with Crippen LogP contribution in [0.5, 0.6) is 5.75 Å². The van der Waals surface area contributed by atoms with Gasteiger partial charge in [0, 0.05) is 12.2 Å². The average molecular weight is 328 g/mol. The number of anilines is 2. The molecule has 0 saturated carbocycles. The average Bonchev–Trinajstić information content (AvgIpc) is 2.56. The van der Waals surface area contributed by atoms with Crippen molar-refractivity contribution in [2.24, 2.45) is 0 Å². The van der Waals surface area contributed by atoms with Gasteiger partial charge in [0.05, 0.1) is 12.3 Å². The van der Waals surface area contributed by atoms with Gasteiger partial charge in [0.2, 0.25) is 5.95 Å². The first-order chi connectivity index (χ1) is 11.6. The van der Waals surface area contributed by atoms with Gasteiger partial charge in [0.1, 0.15) is 11.4 Å². The van der Waals surface area contributed by atoms with E-state index in [2.05, 4.69) is 27.5 Å². The van der Waals surface area contributed by atoms with Crippen LogP contribution in [0.15, 0.2) is 30.3 Å². The zero-order valence-corrected chi connectivity index (χ0v) is 14.4. The fourth-order valence-electron chi connectivity index (χ4n) is 2.18. The number of aryl methyl sites for hydroxylation is 1. The highest BCUT2D eigenvalue weighted by atomic mass is 16.5. The second-order valence-corrected chi connectivity index (χ2v) is 5.38. The van der Waals surface area contributed by atoms with Gasteiger partial charge in [-0.1, -0.05) is 25.5 Å². The number of ether oxygens (including phenoxy) is 1. The fourth-order valence-corrected chi connectivity index (χ4v) is 2.18. The van der Waals surface area contributed by atoms with E-state index in [0.717, 1.165) is 25.1 Å². The molecule has 2 N–H and O–H groups in total. The van der Waals surface area contributed by atoms with Gasteiger partial charge in [-0.15, -0.1) is 0 Å². The zero-order chi connectivity index (χ0) is 17.4. The number of para-hydroxylation sites is 2. The highest BCUT2D eigenvalue weighted by Crippen LogP contribution is 2.24. The summed E-state index contributed by atoms with van der Waals surface area (Å²) in [7, 11) is 0. The van der Waals surface area contributed by atoms with Crippen molar-refractivity contribution in [3.8, 4) is 5.75 Å². The van der Waals surface area contributed by atoms with Gasteiger partial charge in [0.25, 0.3) is 5.91 Å². The normalized spacial score (nSPS) is 10.3. The summed E-state index contributed by atoms with van der Waals surface area (Å²) in [6.45, 7) is 7.19. The molecule has 2 aromatic rings. The monoisotopic (exact) mass is 328 g/mol. The molecule has 1 aromatic carbocycles. The van der Waals surface area contributed by atoms with E-state index in [9.17, 15) is 4.79 Å². The highest BCUT2D eigenvalue weighted by molar-refractivity contribution is 6.03. The Kier molecular flexibility index (Phi) is 6.54. The van der Waals surface area contributed by atoms with Crippen LogP contribution in [0.4, 0.5) is 11.6 Å². The molecule has 2 rings (SSSR count). The zero-order valence-electron chi connectivity index (χ0n) is 14.4. The minimum Gasteiger partial charge on any atom is -0.492 e. The Balaban J connectivity index is 2.15. The van der Waals surface area contributed by atoms with E-state index >= 15 is 0 Å². The molecule has 1 amide bonds. The van der Waals surface area contributed by atoms with Crippen LogP contribution in [0.1, 0.15) is 42.9 Å². The number of benzene rings is 1. The Morgan fingerprint density at radius 3 is 2.75 bits per heavy atom. The third kappa shape index (κ3) is 4.94. The molecule has 1 heterocycles. The smallest absolute Gasteiger partial charge is 0.274 e. The first-order valence-electron chi connectivity index (χ1n) is 8.26. The van der Waals surface area contributed by atoms with Gasteiger partial charge in [-0.3, -0.25) is 4.79 Å². The maximum absolute atomic E-state index is 12.5. The second kappa shape index (κ2) is 8.86. The number of aromatic nitrogens is 2. The maximum Gasteiger partial charge on any atom is 0.274 e. The lowest BCUT2D eigenvalue weighted by molar-refractivity contribution is 0.102. The number of rotatable bonds is 8. The summed E-state index contributed by atoms with van der Waals surface area (Å²) in [6, 6.07) is 9.01. The Bertz CT molecular complexity index is 688. The first kappa shape index (κ1) is 17.7. The van der Waals surface area contributed by atoms with Gasteiger partial charge in [0.15, 0.2) is 0 Å². The number of carbonyl (C=O) groups excluding carboxylic acids is 1. The third-order valence-electron chi connectivity index (χ3n) is 3.34. The van der Waals surface area contributed by atoms with Crippen LogP contribution in [0.2, 0.25) is 0 Å². The summed E-state index contributed by atoms with van der Waals surface area (Å²) < 4.78 is 5.53. The first-order valence-corrected chi connectivity index (χ1v) is 8.26. The van der Waals surface area contributed by atoms with Crippen LogP contribution >= 0.6 is 0 Å². The molecule has 6 nitrogen and oxygen atoms in total. The summed E-state index contributed by atoms with van der Waals surface area (Å²) in [6.07, 6.45) is 2.11. The van der Waals surface area contributed by atoms with Crippen molar-refractivity contribution in [2.75, 3.05) is 23.8 Å². The highest BCUT2D eigenvalue weighted by Gasteiger charge is 2.13. The van der Waals surface area contributed by atoms with Crippen LogP contribution in [-0.2, 0) is 0 Å². The number of carbonyl (C=O) groups is 1. The van der Waals surface area contributed by atoms with E-state index < -0.39 is 0 Å². The fraction of sp³-hybridized carbons (Fsp3) is 0.389.